The first-order valence-electron chi connectivity index (χ1n) is 6.19. The molecule has 2 unspecified atom stereocenters. The molecule has 98 valence electrons. The Morgan fingerprint density at radius 2 is 1.95 bits per heavy atom. The minimum absolute atomic E-state index is 0.0296. The van der Waals surface area contributed by atoms with Crippen molar-refractivity contribution in [3.05, 3.63) is 57.6 Å². The number of hydrogen-bond acceptors (Lipinski definition) is 4. The van der Waals surface area contributed by atoms with Crippen LogP contribution in [0.25, 0.3) is 10.1 Å². The maximum Gasteiger partial charge on any atom is 0.0892 e. The lowest BCUT2D eigenvalue weighted by Crippen LogP contribution is -2.19. The van der Waals surface area contributed by atoms with E-state index in [9.17, 15) is 5.11 Å². The van der Waals surface area contributed by atoms with E-state index in [4.69, 9.17) is 5.73 Å². The standard InChI is InChI=1S/C15H15NOS2/c16-8-11(14-6-3-7-18-14)15(17)12-9-19-13-5-2-1-4-10(12)13/h1-7,9,11,15,17H,8,16H2. The number of aliphatic hydroxyl groups excluding tert-OH is 1. The zero-order chi connectivity index (χ0) is 13.2. The minimum atomic E-state index is -0.542. The molecule has 2 aromatic heterocycles. The van der Waals surface area contributed by atoms with Crippen LogP contribution in [0.15, 0.2) is 47.2 Å². The van der Waals surface area contributed by atoms with Crippen LogP contribution in [0.2, 0.25) is 0 Å². The molecular formula is C15H15NOS2. The fraction of sp³-hybridized carbons (Fsp3) is 0.200. The summed E-state index contributed by atoms with van der Waals surface area (Å²) in [5.74, 6) is -0.0296. The van der Waals surface area contributed by atoms with Crippen LogP contribution < -0.4 is 5.73 Å². The molecule has 3 N–H and O–H groups in total. The lowest BCUT2D eigenvalue weighted by atomic mass is 9.94. The fourth-order valence-corrected chi connectivity index (χ4v) is 4.21. The maximum atomic E-state index is 10.7. The first-order valence-corrected chi connectivity index (χ1v) is 7.95. The van der Waals surface area contributed by atoms with Crippen LogP contribution in [0.3, 0.4) is 0 Å². The van der Waals surface area contributed by atoms with Crippen molar-refractivity contribution >= 4 is 32.8 Å². The van der Waals surface area contributed by atoms with Gasteiger partial charge < -0.3 is 10.8 Å². The SMILES string of the molecule is NCC(c1cccs1)C(O)c1csc2ccccc12. The van der Waals surface area contributed by atoms with E-state index in [2.05, 4.69) is 12.1 Å². The molecular weight excluding hydrogens is 274 g/mol. The molecule has 3 aromatic rings. The monoisotopic (exact) mass is 289 g/mol. The van der Waals surface area contributed by atoms with Gasteiger partial charge in [-0.1, -0.05) is 24.3 Å². The highest BCUT2D eigenvalue weighted by atomic mass is 32.1. The summed E-state index contributed by atoms with van der Waals surface area (Å²) in [5, 5.41) is 15.9. The predicted octanol–water partition coefficient (Wildman–Crippen LogP) is 3.74. The predicted molar refractivity (Wildman–Crippen MR) is 82.9 cm³/mol. The van der Waals surface area contributed by atoms with Crippen LogP contribution in [0.1, 0.15) is 22.5 Å². The molecule has 3 rings (SSSR count). The first kappa shape index (κ1) is 12.8. The highest BCUT2D eigenvalue weighted by molar-refractivity contribution is 7.17. The number of benzene rings is 1. The zero-order valence-electron chi connectivity index (χ0n) is 10.3. The van der Waals surface area contributed by atoms with Gasteiger partial charge in [-0.3, -0.25) is 0 Å². The van der Waals surface area contributed by atoms with Crippen LogP contribution in [-0.4, -0.2) is 11.7 Å². The molecule has 0 saturated carbocycles. The molecule has 0 bridgehead atoms. The molecule has 4 heteroatoms. The van der Waals surface area contributed by atoms with Crippen molar-refractivity contribution in [2.75, 3.05) is 6.54 Å². The van der Waals surface area contributed by atoms with E-state index in [-0.39, 0.29) is 5.92 Å². The average Bonchev–Trinajstić information content (AvgIpc) is 3.08. The number of nitrogens with two attached hydrogens (primary N) is 1. The average molecular weight is 289 g/mol. The lowest BCUT2D eigenvalue weighted by molar-refractivity contribution is 0.150. The van der Waals surface area contributed by atoms with Crippen molar-refractivity contribution in [1.82, 2.24) is 0 Å². The van der Waals surface area contributed by atoms with E-state index in [0.717, 1.165) is 15.8 Å². The lowest BCUT2D eigenvalue weighted by Gasteiger charge is -2.20. The van der Waals surface area contributed by atoms with Crippen molar-refractivity contribution in [2.45, 2.75) is 12.0 Å². The molecule has 2 heterocycles. The largest absolute Gasteiger partial charge is 0.388 e. The van der Waals surface area contributed by atoms with Gasteiger partial charge in [0.05, 0.1) is 6.10 Å². The molecule has 1 aromatic carbocycles. The van der Waals surface area contributed by atoms with Gasteiger partial charge in [0, 0.05) is 22.0 Å². The van der Waals surface area contributed by atoms with Gasteiger partial charge in [0.2, 0.25) is 0 Å². The molecule has 0 saturated heterocycles. The third kappa shape index (κ3) is 2.32. The normalized spacial score (nSPS) is 14.6. The second-order valence-corrected chi connectivity index (χ2v) is 6.38. The molecule has 0 fully saturated rings. The Morgan fingerprint density at radius 1 is 1.11 bits per heavy atom. The molecule has 0 aliphatic rings. The van der Waals surface area contributed by atoms with Crippen molar-refractivity contribution in [3.8, 4) is 0 Å². The van der Waals surface area contributed by atoms with E-state index in [1.54, 1.807) is 22.7 Å². The highest BCUT2D eigenvalue weighted by Gasteiger charge is 2.24. The van der Waals surface area contributed by atoms with Crippen LogP contribution in [0, 0.1) is 0 Å². The van der Waals surface area contributed by atoms with Crippen LogP contribution >= 0.6 is 22.7 Å². The molecule has 19 heavy (non-hydrogen) atoms. The molecule has 2 nitrogen and oxygen atoms in total. The van der Waals surface area contributed by atoms with Gasteiger partial charge in [-0.05, 0) is 33.8 Å². The summed E-state index contributed by atoms with van der Waals surface area (Å²) in [6, 6.07) is 12.2. The summed E-state index contributed by atoms with van der Waals surface area (Å²) < 4.78 is 1.21. The minimum Gasteiger partial charge on any atom is -0.388 e. The molecule has 0 spiro atoms. The van der Waals surface area contributed by atoms with E-state index in [1.807, 2.05) is 35.0 Å². The summed E-state index contributed by atoms with van der Waals surface area (Å²) in [4.78, 5) is 1.14. The van der Waals surface area contributed by atoms with Gasteiger partial charge in [0.1, 0.15) is 0 Å². The topological polar surface area (TPSA) is 46.2 Å². The first-order chi connectivity index (χ1) is 9.31. The summed E-state index contributed by atoms with van der Waals surface area (Å²) >= 11 is 3.32. The van der Waals surface area contributed by atoms with Gasteiger partial charge in [-0.25, -0.2) is 0 Å². The summed E-state index contributed by atoms with van der Waals surface area (Å²) in [6.45, 7) is 0.450. The smallest absolute Gasteiger partial charge is 0.0892 e. The van der Waals surface area contributed by atoms with Crippen molar-refractivity contribution < 1.29 is 5.11 Å². The van der Waals surface area contributed by atoms with Gasteiger partial charge in [0.15, 0.2) is 0 Å². The van der Waals surface area contributed by atoms with Gasteiger partial charge in [0.25, 0.3) is 0 Å². The third-order valence-corrected chi connectivity index (χ3v) is 5.36. The Morgan fingerprint density at radius 3 is 2.68 bits per heavy atom. The number of fused-ring (bicyclic) bond motifs is 1. The van der Waals surface area contributed by atoms with Crippen molar-refractivity contribution in [2.24, 2.45) is 5.73 Å². The van der Waals surface area contributed by atoms with E-state index < -0.39 is 6.10 Å². The molecule has 0 amide bonds. The quantitative estimate of drug-likeness (QED) is 0.768. The zero-order valence-corrected chi connectivity index (χ0v) is 12.0. The Hall–Kier alpha value is -1.20. The Balaban J connectivity index is 2.01. The van der Waals surface area contributed by atoms with E-state index >= 15 is 0 Å². The number of aliphatic hydroxyl groups is 1. The van der Waals surface area contributed by atoms with Crippen LogP contribution in [0.4, 0.5) is 0 Å². The second kappa shape index (κ2) is 5.43. The van der Waals surface area contributed by atoms with E-state index in [0.29, 0.717) is 6.54 Å². The summed E-state index contributed by atoms with van der Waals surface area (Å²) in [5.41, 5.74) is 6.86. The molecule has 0 radical (unpaired) electrons. The van der Waals surface area contributed by atoms with Crippen molar-refractivity contribution in [1.29, 1.82) is 0 Å². The number of thiophene rings is 2. The highest BCUT2D eigenvalue weighted by Crippen LogP contribution is 2.38. The molecule has 2 atom stereocenters. The Labute approximate surface area is 120 Å². The number of rotatable bonds is 4. The Bertz CT molecular complexity index is 660. The van der Waals surface area contributed by atoms with Crippen LogP contribution in [0.5, 0.6) is 0 Å². The third-order valence-electron chi connectivity index (χ3n) is 3.37. The number of hydrogen-bond donors (Lipinski definition) is 2. The maximum absolute atomic E-state index is 10.7. The molecule has 0 aliphatic carbocycles. The summed E-state index contributed by atoms with van der Waals surface area (Å²) in [6.07, 6.45) is -0.542. The Kier molecular flexibility index (Phi) is 3.66. The van der Waals surface area contributed by atoms with Crippen LogP contribution in [-0.2, 0) is 0 Å². The fourth-order valence-electron chi connectivity index (χ4n) is 2.35. The van der Waals surface area contributed by atoms with Gasteiger partial charge in [-0.2, -0.15) is 0 Å². The van der Waals surface area contributed by atoms with Gasteiger partial charge >= 0.3 is 0 Å². The second-order valence-electron chi connectivity index (χ2n) is 4.49. The van der Waals surface area contributed by atoms with Crippen molar-refractivity contribution in [3.63, 3.8) is 0 Å². The summed E-state index contributed by atoms with van der Waals surface area (Å²) in [7, 11) is 0. The van der Waals surface area contributed by atoms with E-state index in [1.165, 1.54) is 4.70 Å². The van der Waals surface area contributed by atoms with Gasteiger partial charge in [-0.15, -0.1) is 22.7 Å². The molecule has 0 aliphatic heterocycles.